The van der Waals surface area contributed by atoms with Crippen LogP contribution in [0, 0.1) is 11.8 Å². The maximum atomic E-state index is 13.6. The SMILES string of the molecule is CC1CCN(S(=O)(=O)c2ccc3nc(-c4ccccn4)cc(C(=O)N[C@H]4CCCC[C@H]4C)c3c2)CC1. The number of benzene rings is 1. The van der Waals surface area contributed by atoms with Crippen LogP contribution >= 0.6 is 0 Å². The van der Waals surface area contributed by atoms with Crippen molar-refractivity contribution in [1.82, 2.24) is 19.6 Å². The number of hydrogen-bond donors (Lipinski definition) is 1. The fourth-order valence-corrected chi connectivity index (χ4v) is 6.85. The van der Waals surface area contributed by atoms with Crippen molar-refractivity contribution in [3.8, 4) is 11.4 Å². The molecule has 190 valence electrons. The average Bonchev–Trinajstić information content (AvgIpc) is 2.89. The van der Waals surface area contributed by atoms with Crippen molar-refractivity contribution < 1.29 is 13.2 Å². The molecule has 3 heterocycles. The van der Waals surface area contributed by atoms with Gasteiger partial charge < -0.3 is 5.32 Å². The third kappa shape index (κ3) is 5.02. The van der Waals surface area contributed by atoms with Crippen molar-refractivity contribution in [3.05, 3.63) is 54.2 Å². The number of nitrogens with one attached hydrogen (secondary N) is 1. The van der Waals surface area contributed by atoms with Crippen molar-refractivity contribution in [2.24, 2.45) is 11.8 Å². The van der Waals surface area contributed by atoms with E-state index in [1.807, 2.05) is 18.2 Å². The van der Waals surface area contributed by atoms with E-state index < -0.39 is 10.0 Å². The lowest BCUT2D eigenvalue weighted by Gasteiger charge is -2.30. The molecule has 0 spiro atoms. The minimum Gasteiger partial charge on any atom is -0.349 e. The molecular weight excluding hydrogens is 472 g/mol. The highest BCUT2D eigenvalue weighted by Crippen LogP contribution is 2.30. The Hall–Kier alpha value is -2.84. The molecule has 1 N–H and O–H groups in total. The maximum Gasteiger partial charge on any atom is 0.252 e. The molecule has 1 aliphatic carbocycles. The molecule has 0 bridgehead atoms. The predicted molar refractivity (Wildman–Crippen MR) is 141 cm³/mol. The third-order valence-electron chi connectivity index (χ3n) is 7.76. The molecule has 0 radical (unpaired) electrons. The lowest BCUT2D eigenvalue weighted by Crippen LogP contribution is -2.41. The number of pyridine rings is 2. The zero-order valence-electron chi connectivity index (χ0n) is 21.0. The summed E-state index contributed by atoms with van der Waals surface area (Å²) in [7, 11) is -3.66. The second-order valence-electron chi connectivity index (χ2n) is 10.4. The Morgan fingerprint density at radius 1 is 0.972 bits per heavy atom. The number of aromatic nitrogens is 2. The van der Waals surface area contributed by atoms with Gasteiger partial charge in [-0.2, -0.15) is 4.31 Å². The summed E-state index contributed by atoms with van der Waals surface area (Å²) in [4.78, 5) is 23.0. The van der Waals surface area contributed by atoms with Gasteiger partial charge in [0.1, 0.15) is 0 Å². The highest BCUT2D eigenvalue weighted by Gasteiger charge is 2.29. The lowest BCUT2D eigenvalue weighted by molar-refractivity contribution is 0.0912. The van der Waals surface area contributed by atoms with Crippen LogP contribution in [0.4, 0.5) is 0 Å². The summed E-state index contributed by atoms with van der Waals surface area (Å²) in [6.07, 6.45) is 7.74. The van der Waals surface area contributed by atoms with Gasteiger partial charge in [0.2, 0.25) is 10.0 Å². The molecule has 1 saturated carbocycles. The summed E-state index contributed by atoms with van der Waals surface area (Å²) in [5, 5.41) is 3.78. The zero-order chi connectivity index (χ0) is 25.3. The molecule has 1 aromatic carbocycles. The van der Waals surface area contributed by atoms with E-state index in [0.29, 0.717) is 52.8 Å². The maximum absolute atomic E-state index is 13.6. The van der Waals surface area contributed by atoms with Crippen LogP contribution in [0.2, 0.25) is 0 Å². The fourth-order valence-electron chi connectivity index (χ4n) is 5.35. The number of sulfonamides is 1. The number of carbonyl (C=O) groups excluding carboxylic acids is 1. The van der Waals surface area contributed by atoms with Crippen LogP contribution in [0.25, 0.3) is 22.3 Å². The molecule has 1 aliphatic heterocycles. The molecule has 2 fully saturated rings. The molecule has 2 aromatic heterocycles. The Balaban J connectivity index is 1.57. The van der Waals surface area contributed by atoms with Gasteiger partial charge in [0.15, 0.2) is 0 Å². The lowest BCUT2D eigenvalue weighted by atomic mass is 9.86. The van der Waals surface area contributed by atoms with E-state index in [4.69, 9.17) is 4.98 Å². The Morgan fingerprint density at radius 3 is 2.47 bits per heavy atom. The minimum atomic E-state index is -3.66. The van der Waals surface area contributed by atoms with Gasteiger partial charge in [-0.3, -0.25) is 9.78 Å². The van der Waals surface area contributed by atoms with E-state index in [1.54, 1.807) is 34.8 Å². The van der Waals surface area contributed by atoms with Crippen LogP contribution < -0.4 is 5.32 Å². The highest BCUT2D eigenvalue weighted by atomic mass is 32.2. The Kier molecular flexibility index (Phi) is 7.08. The Bertz CT molecular complexity index is 1350. The summed E-state index contributed by atoms with van der Waals surface area (Å²) in [6, 6.07) is 12.4. The molecule has 0 unspecified atom stereocenters. The van der Waals surface area contributed by atoms with Gasteiger partial charge in [-0.1, -0.05) is 32.8 Å². The quantitative estimate of drug-likeness (QED) is 0.524. The largest absolute Gasteiger partial charge is 0.349 e. The molecule has 1 saturated heterocycles. The molecular formula is C28H34N4O3S. The molecule has 2 atom stereocenters. The van der Waals surface area contributed by atoms with Gasteiger partial charge in [0, 0.05) is 30.7 Å². The van der Waals surface area contributed by atoms with Gasteiger partial charge in [0.05, 0.1) is 27.4 Å². The van der Waals surface area contributed by atoms with Gasteiger partial charge in [-0.05, 0) is 73.9 Å². The molecule has 36 heavy (non-hydrogen) atoms. The van der Waals surface area contributed by atoms with E-state index in [9.17, 15) is 13.2 Å². The van der Waals surface area contributed by atoms with E-state index >= 15 is 0 Å². The third-order valence-corrected chi connectivity index (χ3v) is 9.66. The molecule has 7 nitrogen and oxygen atoms in total. The van der Waals surface area contributed by atoms with Crippen LogP contribution in [0.5, 0.6) is 0 Å². The number of fused-ring (bicyclic) bond motifs is 1. The number of amides is 1. The molecule has 8 heteroatoms. The standard InChI is InChI=1S/C28H34N4O3S/c1-19-12-15-32(16-13-19)36(34,35)21-10-11-25-22(17-21)23(18-27(30-25)26-9-5-6-14-29-26)28(33)31-24-8-4-3-7-20(24)2/h5-6,9-11,14,17-20,24H,3-4,7-8,12-13,15-16H2,1-2H3,(H,31,33)/t20-,24+/m1/s1. The topological polar surface area (TPSA) is 92.3 Å². The van der Waals surface area contributed by atoms with E-state index in [2.05, 4.69) is 24.1 Å². The van der Waals surface area contributed by atoms with E-state index in [-0.39, 0.29) is 16.8 Å². The second kappa shape index (κ2) is 10.3. The molecule has 2 aliphatic rings. The van der Waals surface area contributed by atoms with E-state index in [0.717, 1.165) is 32.1 Å². The summed E-state index contributed by atoms with van der Waals surface area (Å²) >= 11 is 0. The smallest absolute Gasteiger partial charge is 0.252 e. The van der Waals surface area contributed by atoms with Gasteiger partial charge in [-0.15, -0.1) is 0 Å². The normalized spacial score (nSPS) is 21.9. The first-order valence-corrected chi connectivity index (χ1v) is 14.4. The summed E-state index contributed by atoms with van der Waals surface area (Å²) in [5.74, 6) is 0.739. The molecule has 3 aromatic rings. The monoisotopic (exact) mass is 506 g/mol. The Labute approximate surface area is 213 Å². The number of rotatable bonds is 5. The fraction of sp³-hybridized carbons (Fsp3) is 0.464. The highest BCUT2D eigenvalue weighted by molar-refractivity contribution is 7.89. The van der Waals surface area contributed by atoms with Crippen molar-refractivity contribution in [2.75, 3.05) is 13.1 Å². The average molecular weight is 507 g/mol. The van der Waals surface area contributed by atoms with Crippen LogP contribution in [-0.2, 0) is 10.0 Å². The Morgan fingerprint density at radius 2 is 1.75 bits per heavy atom. The first-order valence-electron chi connectivity index (χ1n) is 13.0. The summed E-state index contributed by atoms with van der Waals surface area (Å²) in [5.41, 5.74) is 2.26. The number of piperidine rings is 1. The molecule has 1 amide bonds. The van der Waals surface area contributed by atoms with Crippen LogP contribution in [0.15, 0.2) is 53.6 Å². The minimum absolute atomic E-state index is 0.107. The van der Waals surface area contributed by atoms with Crippen molar-refractivity contribution in [3.63, 3.8) is 0 Å². The zero-order valence-corrected chi connectivity index (χ0v) is 21.8. The van der Waals surface area contributed by atoms with Crippen molar-refractivity contribution in [2.45, 2.75) is 63.3 Å². The number of nitrogens with zero attached hydrogens (tertiary/aromatic N) is 3. The van der Waals surface area contributed by atoms with Gasteiger partial charge in [-0.25, -0.2) is 13.4 Å². The summed E-state index contributed by atoms with van der Waals surface area (Å²) in [6.45, 7) is 5.37. The van der Waals surface area contributed by atoms with Gasteiger partial charge in [0.25, 0.3) is 5.91 Å². The van der Waals surface area contributed by atoms with E-state index in [1.165, 1.54) is 6.42 Å². The van der Waals surface area contributed by atoms with Crippen LogP contribution in [0.3, 0.4) is 0 Å². The molecule has 5 rings (SSSR count). The number of hydrogen-bond acceptors (Lipinski definition) is 5. The first kappa shape index (κ1) is 24.8. The second-order valence-corrected chi connectivity index (χ2v) is 12.3. The first-order chi connectivity index (χ1) is 17.3. The van der Waals surface area contributed by atoms with Crippen molar-refractivity contribution >= 4 is 26.8 Å². The predicted octanol–water partition coefficient (Wildman–Crippen LogP) is 5.03. The van der Waals surface area contributed by atoms with Crippen LogP contribution in [0.1, 0.15) is 62.7 Å². The van der Waals surface area contributed by atoms with Gasteiger partial charge >= 0.3 is 0 Å². The van der Waals surface area contributed by atoms with Crippen molar-refractivity contribution in [1.29, 1.82) is 0 Å². The number of carbonyl (C=O) groups is 1. The summed E-state index contributed by atoms with van der Waals surface area (Å²) < 4.78 is 28.5. The van der Waals surface area contributed by atoms with Crippen LogP contribution in [-0.4, -0.2) is 47.7 Å².